The molecule has 0 aromatic carbocycles. The fraction of sp³-hybridized carbons (Fsp3) is 0.560. The summed E-state index contributed by atoms with van der Waals surface area (Å²) < 4.78 is 3.22. The molecule has 1 N–H and O–H groups in total. The van der Waals surface area contributed by atoms with Crippen LogP contribution in [0.3, 0.4) is 0 Å². The molecular formula is C25H33N5O2. The van der Waals surface area contributed by atoms with E-state index >= 15 is 0 Å². The van der Waals surface area contributed by atoms with E-state index in [-0.39, 0.29) is 0 Å². The number of aromatic amines is 1. The molecule has 2 aliphatic rings. The van der Waals surface area contributed by atoms with E-state index < -0.39 is 11.2 Å². The largest absolute Gasteiger partial charge is 0.333 e. The predicted octanol–water partition coefficient (Wildman–Crippen LogP) is 3.40. The van der Waals surface area contributed by atoms with E-state index in [1.165, 1.54) is 93.4 Å². The first-order chi connectivity index (χ1) is 15.7. The SMILES string of the molecule is O=c1ccn(-c2cnn3ccc(CC4CCN(CCC5CCCCC5)CC4)cc23)c(=O)[nH]1. The third-order valence-electron chi connectivity index (χ3n) is 7.46. The van der Waals surface area contributed by atoms with Gasteiger partial charge in [-0.05, 0) is 74.8 Å². The Hall–Kier alpha value is -2.67. The Morgan fingerprint density at radius 2 is 1.78 bits per heavy atom. The van der Waals surface area contributed by atoms with Gasteiger partial charge in [0.25, 0.3) is 5.56 Å². The third-order valence-corrected chi connectivity index (χ3v) is 7.46. The molecule has 1 aliphatic heterocycles. The van der Waals surface area contributed by atoms with E-state index in [1.54, 1.807) is 10.7 Å². The molecule has 1 saturated carbocycles. The summed E-state index contributed by atoms with van der Waals surface area (Å²) in [5, 5.41) is 4.37. The maximum absolute atomic E-state index is 12.2. The number of pyridine rings is 1. The zero-order chi connectivity index (χ0) is 21.9. The van der Waals surface area contributed by atoms with Gasteiger partial charge < -0.3 is 4.90 Å². The second-order valence-corrected chi connectivity index (χ2v) is 9.66. The first-order valence-corrected chi connectivity index (χ1v) is 12.2. The minimum Gasteiger partial charge on any atom is -0.303 e. The van der Waals surface area contributed by atoms with Crippen LogP contribution in [-0.4, -0.2) is 43.7 Å². The highest BCUT2D eigenvalue weighted by Crippen LogP contribution is 2.28. The Morgan fingerprint density at radius 3 is 2.56 bits per heavy atom. The van der Waals surface area contributed by atoms with Gasteiger partial charge in [0.1, 0.15) is 0 Å². The molecule has 3 aromatic heterocycles. The summed E-state index contributed by atoms with van der Waals surface area (Å²) in [4.78, 5) is 28.6. The van der Waals surface area contributed by atoms with Crippen LogP contribution < -0.4 is 11.2 Å². The zero-order valence-electron chi connectivity index (χ0n) is 18.7. The van der Waals surface area contributed by atoms with Gasteiger partial charge in [0.2, 0.25) is 0 Å². The quantitative estimate of drug-likeness (QED) is 0.644. The molecule has 0 radical (unpaired) electrons. The molecule has 1 saturated heterocycles. The predicted molar refractivity (Wildman–Crippen MR) is 125 cm³/mol. The zero-order valence-corrected chi connectivity index (χ0v) is 18.7. The van der Waals surface area contributed by atoms with Crippen molar-refractivity contribution in [3.8, 4) is 5.69 Å². The van der Waals surface area contributed by atoms with Crippen LogP contribution in [0.4, 0.5) is 0 Å². The summed E-state index contributed by atoms with van der Waals surface area (Å²) in [7, 11) is 0. The topological polar surface area (TPSA) is 75.4 Å². The number of likely N-dealkylation sites (tertiary alicyclic amines) is 1. The third kappa shape index (κ3) is 4.72. The molecular weight excluding hydrogens is 402 g/mol. The minimum atomic E-state index is -0.446. The number of piperidine rings is 1. The summed E-state index contributed by atoms with van der Waals surface area (Å²) in [5.74, 6) is 1.67. The normalized spacial score (nSPS) is 19.0. The fourth-order valence-corrected chi connectivity index (χ4v) is 5.52. The van der Waals surface area contributed by atoms with Crippen molar-refractivity contribution in [1.29, 1.82) is 0 Å². The average Bonchev–Trinajstić information content (AvgIpc) is 3.22. The summed E-state index contributed by atoms with van der Waals surface area (Å²) in [6.07, 6.45) is 17.3. The Bertz CT molecular complexity index is 1160. The molecule has 3 aromatic rings. The molecule has 170 valence electrons. The monoisotopic (exact) mass is 435 g/mol. The number of nitrogens with one attached hydrogen (secondary N) is 1. The highest BCUT2D eigenvalue weighted by atomic mass is 16.2. The van der Waals surface area contributed by atoms with Gasteiger partial charge in [0.05, 0.1) is 17.4 Å². The Morgan fingerprint density at radius 1 is 0.969 bits per heavy atom. The van der Waals surface area contributed by atoms with Crippen LogP contribution in [0.5, 0.6) is 0 Å². The second-order valence-electron chi connectivity index (χ2n) is 9.66. The standard InChI is InChI=1S/C25H33N5O2/c31-24-10-14-29(25(32)27-24)23-18-26-30-15-9-21(17-22(23)30)16-20-7-12-28(13-8-20)11-6-19-4-2-1-3-5-19/h9-10,14-15,17-20H,1-8,11-13,16H2,(H,27,31,32). The lowest BCUT2D eigenvalue weighted by Crippen LogP contribution is -2.35. The smallest absolute Gasteiger partial charge is 0.303 e. The Kier molecular flexibility index (Phi) is 6.26. The Labute approximate surface area is 188 Å². The first-order valence-electron chi connectivity index (χ1n) is 12.2. The number of fused-ring (bicyclic) bond motifs is 1. The average molecular weight is 436 g/mol. The van der Waals surface area contributed by atoms with Crippen LogP contribution in [0.2, 0.25) is 0 Å². The molecule has 7 nitrogen and oxygen atoms in total. The van der Waals surface area contributed by atoms with Gasteiger partial charge in [-0.2, -0.15) is 5.10 Å². The molecule has 5 rings (SSSR count). The number of rotatable bonds is 6. The molecule has 1 aliphatic carbocycles. The number of H-pyrrole nitrogens is 1. The van der Waals surface area contributed by atoms with Crippen LogP contribution in [0.15, 0.2) is 46.4 Å². The summed E-state index contributed by atoms with van der Waals surface area (Å²) in [6, 6.07) is 5.63. The van der Waals surface area contributed by atoms with E-state index in [1.807, 2.05) is 6.20 Å². The van der Waals surface area contributed by atoms with Gasteiger partial charge in [-0.25, -0.2) is 9.31 Å². The van der Waals surface area contributed by atoms with E-state index in [4.69, 9.17) is 0 Å². The highest BCUT2D eigenvalue weighted by Gasteiger charge is 2.21. The number of hydrogen-bond donors (Lipinski definition) is 1. The van der Waals surface area contributed by atoms with Crippen molar-refractivity contribution in [2.45, 2.75) is 57.8 Å². The molecule has 0 bridgehead atoms. The maximum atomic E-state index is 12.2. The van der Waals surface area contributed by atoms with Gasteiger partial charge in [-0.1, -0.05) is 32.1 Å². The maximum Gasteiger partial charge on any atom is 0.333 e. The highest BCUT2D eigenvalue weighted by molar-refractivity contribution is 5.64. The number of aromatic nitrogens is 4. The molecule has 7 heteroatoms. The molecule has 0 atom stereocenters. The van der Waals surface area contributed by atoms with Gasteiger partial charge in [-0.15, -0.1) is 0 Å². The van der Waals surface area contributed by atoms with E-state index in [0.29, 0.717) is 11.6 Å². The van der Waals surface area contributed by atoms with Crippen molar-refractivity contribution < 1.29 is 0 Å². The fourth-order valence-electron chi connectivity index (χ4n) is 5.52. The lowest BCUT2D eigenvalue weighted by molar-refractivity contribution is 0.167. The van der Waals surface area contributed by atoms with Crippen molar-refractivity contribution in [3.05, 3.63) is 63.2 Å². The molecule has 2 fully saturated rings. The van der Waals surface area contributed by atoms with Crippen molar-refractivity contribution in [2.75, 3.05) is 19.6 Å². The van der Waals surface area contributed by atoms with Gasteiger partial charge in [0, 0.05) is 18.5 Å². The van der Waals surface area contributed by atoms with E-state index in [2.05, 4.69) is 27.1 Å². The second kappa shape index (κ2) is 9.45. The first kappa shape index (κ1) is 21.2. The van der Waals surface area contributed by atoms with Crippen LogP contribution in [-0.2, 0) is 6.42 Å². The van der Waals surface area contributed by atoms with Gasteiger partial charge in [0.15, 0.2) is 0 Å². The summed E-state index contributed by atoms with van der Waals surface area (Å²) in [6.45, 7) is 3.70. The molecule has 0 amide bonds. The molecule has 4 heterocycles. The van der Waals surface area contributed by atoms with Crippen LogP contribution in [0.25, 0.3) is 11.2 Å². The van der Waals surface area contributed by atoms with Crippen LogP contribution in [0.1, 0.15) is 56.9 Å². The van der Waals surface area contributed by atoms with Gasteiger partial charge >= 0.3 is 5.69 Å². The van der Waals surface area contributed by atoms with E-state index in [0.717, 1.165) is 17.9 Å². The van der Waals surface area contributed by atoms with Gasteiger partial charge in [-0.3, -0.25) is 14.3 Å². The number of nitrogens with zero attached hydrogens (tertiary/aromatic N) is 4. The minimum absolute atomic E-state index is 0.395. The molecule has 0 unspecified atom stereocenters. The lowest BCUT2D eigenvalue weighted by atomic mass is 9.86. The summed E-state index contributed by atoms with van der Waals surface area (Å²) >= 11 is 0. The van der Waals surface area contributed by atoms with Crippen molar-refractivity contribution >= 4 is 5.52 Å². The molecule has 32 heavy (non-hydrogen) atoms. The van der Waals surface area contributed by atoms with E-state index in [9.17, 15) is 9.59 Å². The van der Waals surface area contributed by atoms with Crippen molar-refractivity contribution in [3.63, 3.8) is 0 Å². The Balaban J connectivity index is 1.21. The summed E-state index contributed by atoms with van der Waals surface area (Å²) in [5.41, 5.74) is 2.00. The lowest BCUT2D eigenvalue weighted by Gasteiger charge is -2.33. The van der Waals surface area contributed by atoms with Crippen molar-refractivity contribution in [1.82, 2.24) is 24.1 Å². The molecule has 0 spiro atoms. The number of hydrogen-bond acceptors (Lipinski definition) is 4. The van der Waals surface area contributed by atoms with Crippen LogP contribution in [0, 0.1) is 11.8 Å². The van der Waals surface area contributed by atoms with Crippen LogP contribution >= 0.6 is 0 Å². The van der Waals surface area contributed by atoms with Crippen molar-refractivity contribution in [2.24, 2.45) is 11.8 Å².